The predicted octanol–water partition coefficient (Wildman–Crippen LogP) is 3.72. The Kier molecular flexibility index (Phi) is 3.16. The van der Waals surface area contributed by atoms with Crippen LogP contribution in [0.15, 0.2) is 52.9 Å². The molecule has 0 aliphatic rings. The highest BCUT2D eigenvalue weighted by molar-refractivity contribution is 5.75. The predicted molar refractivity (Wildman–Crippen MR) is 74.4 cm³/mol. The van der Waals surface area contributed by atoms with E-state index in [1.807, 2.05) is 48.5 Å². The minimum atomic E-state index is 0.496. The molecule has 0 atom stereocenters. The number of fused-ring (bicyclic) bond motifs is 1. The summed E-state index contributed by atoms with van der Waals surface area (Å²) in [4.78, 5) is 4.37. The maximum absolute atomic E-state index is 5.62. The van der Waals surface area contributed by atoms with Gasteiger partial charge in [-0.3, -0.25) is 0 Å². The van der Waals surface area contributed by atoms with Gasteiger partial charge in [0.15, 0.2) is 5.58 Å². The van der Waals surface area contributed by atoms with Gasteiger partial charge >= 0.3 is 0 Å². The van der Waals surface area contributed by atoms with Gasteiger partial charge in [0.1, 0.15) is 5.52 Å². The minimum Gasteiger partial charge on any atom is -0.423 e. The normalized spacial score (nSPS) is 10.8. The zero-order valence-electron chi connectivity index (χ0n) is 10.6. The third kappa shape index (κ3) is 2.58. The van der Waals surface area contributed by atoms with Gasteiger partial charge in [-0.15, -0.1) is 0 Å². The van der Waals surface area contributed by atoms with Crippen LogP contribution >= 0.6 is 0 Å². The van der Waals surface area contributed by atoms with Crippen molar-refractivity contribution in [3.63, 3.8) is 0 Å². The van der Waals surface area contributed by atoms with E-state index in [0.717, 1.165) is 22.4 Å². The topological polar surface area (TPSA) is 47.3 Å². The first kappa shape index (κ1) is 11.7. The number of rotatable bonds is 4. The van der Waals surface area contributed by atoms with Crippen LogP contribution in [0.1, 0.15) is 5.56 Å². The Hall–Kier alpha value is -2.33. The molecule has 0 radical (unpaired) electrons. The van der Waals surface area contributed by atoms with E-state index in [1.54, 1.807) is 7.11 Å². The summed E-state index contributed by atoms with van der Waals surface area (Å²) < 4.78 is 10.7. The van der Waals surface area contributed by atoms with Crippen molar-refractivity contribution >= 4 is 22.8 Å². The van der Waals surface area contributed by atoms with Crippen molar-refractivity contribution in [2.75, 3.05) is 12.4 Å². The maximum atomic E-state index is 5.62. The number of methoxy groups -OCH3 is 1. The van der Waals surface area contributed by atoms with E-state index >= 15 is 0 Å². The largest absolute Gasteiger partial charge is 0.423 e. The van der Waals surface area contributed by atoms with Crippen molar-refractivity contribution in [2.24, 2.45) is 0 Å². The molecule has 1 N–H and O–H groups in total. The van der Waals surface area contributed by atoms with Gasteiger partial charge in [0.05, 0.1) is 6.61 Å². The molecule has 4 heteroatoms. The van der Waals surface area contributed by atoms with Gasteiger partial charge in [0.25, 0.3) is 6.01 Å². The van der Waals surface area contributed by atoms with Crippen LogP contribution < -0.4 is 5.32 Å². The van der Waals surface area contributed by atoms with Crippen molar-refractivity contribution in [3.8, 4) is 0 Å². The van der Waals surface area contributed by atoms with Crippen LogP contribution in [0.2, 0.25) is 0 Å². The summed E-state index contributed by atoms with van der Waals surface area (Å²) in [6, 6.07) is 16.1. The average Bonchev–Trinajstić information content (AvgIpc) is 2.81. The van der Waals surface area contributed by atoms with Crippen molar-refractivity contribution in [1.82, 2.24) is 4.98 Å². The van der Waals surface area contributed by atoms with E-state index in [9.17, 15) is 0 Å². The molecule has 0 fully saturated rings. The fraction of sp³-hybridized carbons (Fsp3) is 0.133. The van der Waals surface area contributed by atoms with Gasteiger partial charge in [0, 0.05) is 12.8 Å². The molecule has 4 nitrogen and oxygen atoms in total. The van der Waals surface area contributed by atoms with E-state index in [4.69, 9.17) is 9.15 Å². The van der Waals surface area contributed by atoms with Gasteiger partial charge < -0.3 is 14.5 Å². The summed E-state index contributed by atoms with van der Waals surface area (Å²) in [5, 5.41) is 3.16. The minimum absolute atomic E-state index is 0.496. The average molecular weight is 254 g/mol. The molecular formula is C15H14N2O2. The van der Waals surface area contributed by atoms with Gasteiger partial charge in [-0.25, -0.2) is 0 Å². The quantitative estimate of drug-likeness (QED) is 0.770. The van der Waals surface area contributed by atoms with Gasteiger partial charge in [-0.2, -0.15) is 4.98 Å². The number of nitrogens with zero attached hydrogens (tertiary/aromatic N) is 1. The fourth-order valence-corrected chi connectivity index (χ4v) is 1.95. The second-order valence-corrected chi connectivity index (χ2v) is 4.25. The molecule has 0 spiro atoms. The van der Waals surface area contributed by atoms with E-state index in [0.29, 0.717) is 12.6 Å². The molecule has 0 saturated carbocycles. The molecule has 1 heterocycles. The van der Waals surface area contributed by atoms with Crippen molar-refractivity contribution in [3.05, 3.63) is 54.1 Å². The molecule has 0 aliphatic heterocycles. The molecule has 2 aromatic carbocycles. The first-order valence-corrected chi connectivity index (χ1v) is 6.05. The molecule has 0 unspecified atom stereocenters. The third-order valence-electron chi connectivity index (χ3n) is 2.78. The standard InChI is InChI=1S/C15H14N2O2/c1-18-10-11-5-4-6-12(9-11)16-15-17-13-7-2-3-8-14(13)19-15/h2-9H,10H2,1H3,(H,16,17). The van der Waals surface area contributed by atoms with Crippen LogP contribution in [-0.4, -0.2) is 12.1 Å². The SMILES string of the molecule is COCc1cccc(Nc2nc3ccccc3o2)c1. The molecule has 0 saturated heterocycles. The fourth-order valence-electron chi connectivity index (χ4n) is 1.95. The summed E-state index contributed by atoms with van der Waals surface area (Å²) in [6.45, 7) is 0.586. The molecule has 0 bridgehead atoms. The zero-order chi connectivity index (χ0) is 13.1. The Morgan fingerprint density at radius 3 is 2.89 bits per heavy atom. The van der Waals surface area contributed by atoms with Crippen LogP contribution in [0.3, 0.4) is 0 Å². The molecule has 19 heavy (non-hydrogen) atoms. The lowest BCUT2D eigenvalue weighted by Gasteiger charge is -2.04. The zero-order valence-corrected chi connectivity index (χ0v) is 10.6. The summed E-state index contributed by atoms with van der Waals surface area (Å²) >= 11 is 0. The number of nitrogens with one attached hydrogen (secondary N) is 1. The lowest BCUT2D eigenvalue weighted by Crippen LogP contribution is -1.93. The number of para-hydroxylation sites is 2. The van der Waals surface area contributed by atoms with Crippen LogP contribution in [-0.2, 0) is 11.3 Å². The van der Waals surface area contributed by atoms with Gasteiger partial charge in [0.2, 0.25) is 0 Å². The molecule has 3 aromatic rings. The van der Waals surface area contributed by atoms with Crippen LogP contribution in [0.4, 0.5) is 11.7 Å². The smallest absolute Gasteiger partial charge is 0.300 e. The molecule has 96 valence electrons. The molecular weight excluding hydrogens is 240 g/mol. The molecule has 0 amide bonds. The Bertz CT molecular complexity index is 658. The number of benzene rings is 2. The summed E-state index contributed by atoms with van der Waals surface area (Å²) in [5.74, 6) is 0. The van der Waals surface area contributed by atoms with E-state index in [2.05, 4.69) is 10.3 Å². The first-order chi connectivity index (χ1) is 9.35. The number of anilines is 2. The summed E-state index contributed by atoms with van der Waals surface area (Å²) in [5.41, 5.74) is 3.65. The summed E-state index contributed by atoms with van der Waals surface area (Å²) in [7, 11) is 1.68. The van der Waals surface area contributed by atoms with Gasteiger partial charge in [-0.05, 0) is 29.8 Å². The van der Waals surface area contributed by atoms with Crippen LogP contribution in [0.25, 0.3) is 11.1 Å². The Labute approximate surface area is 111 Å². The molecule has 1 aromatic heterocycles. The number of hydrogen-bond acceptors (Lipinski definition) is 4. The van der Waals surface area contributed by atoms with Crippen LogP contribution in [0.5, 0.6) is 0 Å². The van der Waals surface area contributed by atoms with Crippen molar-refractivity contribution < 1.29 is 9.15 Å². The Morgan fingerprint density at radius 2 is 2.05 bits per heavy atom. The number of oxazole rings is 1. The second kappa shape index (κ2) is 5.12. The number of aromatic nitrogens is 1. The van der Waals surface area contributed by atoms with Gasteiger partial charge in [-0.1, -0.05) is 24.3 Å². The highest BCUT2D eigenvalue weighted by Crippen LogP contribution is 2.22. The first-order valence-electron chi connectivity index (χ1n) is 6.05. The molecule has 0 aliphatic carbocycles. The Balaban J connectivity index is 1.85. The van der Waals surface area contributed by atoms with E-state index < -0.39 is 0 Å². The lowest BCUT2D eigenvalue weighted by atomic mass is 10.2. The second-order valence-electron chi connectivity index (χ2n) is 4.25. The number of ether oxygens (including phenoxy) is 1. The Morgan fingerprint density at radius 1 is 1.16 bits per heavy atom. The van der Waals surface area contributed by atoms with Crippen molar-refractivity contribution in [1.29, 1.82) is 0 Å². The highest BCUT2D eigenvalue weighted by atomic mass is 16.5. The van der Waals surface area contributed by atoms with E-state index in [1.165, 1.54) is 0 Å². The molecule has 3 rings (SSSR count). The highest BCUT2D eigenvalue weighted by Gasteiger charge is 2.05. The van der Waals surface area contributed by atoms with Crippen LogP contribution in [0, 0.1) is 0 Å². The van der Waals surface area contributed by atoms with E-state index in [-0.39, 0.29) is 0 Å². The number of hydrogen-bond donors (Lipinski definition) is 1. The monoisotopic (exact) mass is 254 g/mol. The maximum Gasteiger partial charge on any atom is 0.300 e. The third-order valence-corrected chi connectivity index (χ3v) is 2.78. The van der Waals surface area contributed by atoms with Crippen molar-refractivity contribution in [2.45, 2.75) is 6.61 Å². The summed E-state index contributed by atoms with van der Waals surface area (Å²) in [6.07, 6.45) is 0. The lowest BCUT2D eigenvalue weighted by molar-refractivity contribution is 0.185.